The molecule has 0 aliphatic carbocycles. The highest BCUT2D eigenvalue weighted by atomic mass is 19.1. The Bertz CT molecular complexity index is 1030. The number of aryl methyl sites for hydroxylation is 2. The van der Waals surface area contributed by atoms with Crippen molar-refractivity contribution in [3.63, 3.8) is 0 Å². The van der Waals surface area contributed by atoms with E-state index in [4.69, 9.17) is 0 Å². The third-order valence-corrected chi connectivity index (χ3v) is 5.87. The molecule has 1 aliphatic heterocycles. The summed E-state index contributed by atoms with van der Waals surface area (Å²) in [6, 6.07) is 8.64. The first-order chi connectivity index (χ1) is 16.2. The Morgan fingerprint density at radius 3 is 2.29 bits per heavy atom. The predicted octanol–water partition coefficient (Wildman–Crippen LogP) is 2.87. The topological polar surface area (TPSA) is 81.8 Å². The molecule has 7 nitrogen and oxygen atoms in total. The molecule has 2 N–H and O–H groups in total. The predicted molar refractivity (Wildman–Crippen MR) is 125 cm³/mol. The van der Waals surface area contributed by atoms with Gasteiger partial charge in [0.2, 0.25) is 11.8 Å². The highest BCUT2D eigenvalue weighted by Crippen LogP contribution is 2.19. The lowest BCUT2D eigenvalue weighted by molar-refractivity contribution is -0.133. The summed E-state index contributed by atoms with van der Waals surface area (Å²) in [5.74, 6) is -2.42. The van der Waals surface area contributed by atoms with Gasteiger partial charge in [-0.25, -0.2) is 8.78 Å². The van der Waals surface area contributed by atoms with Gasteiger partial charge in [0.1, 0.15) is 11.6 Å². The van der Waals surface area contributed by atoms with Crippen LogP contribution >= 0.6 is 0 Å². The number of anilines is 1. The number of carbonyl (C=O) groups excluding carboxylic acids is 3. The molecule has 1 aliphatic rings. The van der Waals surface area contributed by atoms with Crippen LogP contribution in [-0.2, 0) is 9.59 Å². The van der Waals surface area contributed by atoms with Gasteiger partial charge in [-0.1, -0.05) is 18.2 Å². The number of benzene rings is 2. The zero-order chi connectivity index (χ0) is 24.7. The van der Waals surface area contributed by atoms with Crippen LogP contribution in [0, 0.1) is 25.5 Å². The van der Waals surface area contributed by atoms with Gasteiger partial charge in [0.15, 0.2) is 0 Å². The van der Waals surface area contributed by atoms with Gasteiger partial charge >= 0.3 is 0 Å². The molecule has 1 saturated heterocycles. The number of piperazine rings is 1. The summed E-state index contributed by atoms with van der Waals surface area (Å²) < 4.78 is 26.6. The summed E-state index contributed by atoms with van der Waals surface area (Å²) in [6.07, 6.45) is 0.658. The second kappa shape index (κ2) is 11.7. The first-order valence-electron chi connectivity index (χ1n) is 11.3. The molecular formula is C25H30F2N4O3. The maximum Gasteiger partial charge on any atom is 0.254 e. The van der Waals surface area contributed by atoms with Crippen molar-refractivity contribution in [1.82, 2.24) is 15.1 Å². The molecule has 34 heavy (non-hydrogen) atoms. The minimum absolute atomic E-state index is 0.0261. The normalized spacial score (nSPS) is 14.1. The molecule has 3 amide bonds. The van der Waals surface area contributed by atoms with Gasteiger partial charge in [0, 0.05) is 50.9 Å². The molecule has 0 unspecified atom stereocenters. The van der Waals surface area contributed by atoms with Crippen LogP contribution in [0.1, 0.15) is 34.3 Å². The van der Waals surface area contributed by atoms with E-state index in [1.807, 2.05) is 36.9 Å². The Labute approximate surface area is 198 Å². The SMILES string of the molecule is Cc1cccc(C)c1NC(=O)CN1CCN(C(=O)CCCNC(=O)c2ccc(F)cc2F)CC1. The molecule has 0 atom stereocenters. The molecule has 2 aromatic carbocycles. The van der Waals surface area contributed by atoms with Crippen LogP contribution in [0.4, 0.5) is 14.5 Å². The average molecular weight is 473 g/mol. The molecule has 9 heteroatoms. The van der Waals surface area contributed by atoms with Crippen LogP contribution in [0.2, 0.25) is 0 Å². The summed E-state index contributed by atoms with van der Waals surface area (Å²) >= 11 is 0. The second-order valence-electron chi connectivity index (χ2n) is 8.46. The molecule has 3 rings (SSSR count). The van der Waals surface area contributed by atoms with E-state index in [1.165, 1.54) is 0 Å². The van der Waals surface area contributed by atoms with Crippen LogP contribution in [0.3, 0.4) is 0 Å². The lowest BCUT2D eigenvalue weighted by atomic mass is 10.1. The highest BCUT2D eigenvalue weighted by Gasteiger charge is 2.22. The number of nitrogens with one attached hydrogen (secondary N) is 2. The Morgan fingerprint density at radius 1 is 0.971 bits per heavy atom. The second-order valence-corrected chi connectivity index (χ2v) is 8.46. The van der Waals surface area contributed by atoms with Crippen molar-refractivity contribution in [2.75, 3.05) is 44.6 Å². The number of para-hydroxylation sites is 1. The number of rotatable bonds is 8. The molecule has 0 aromatic heterocycles. The lowest BCUT2D eigenvalue weighted by Gasteiger charge is -2.34. The van der Waals surface area contributed by atoms with E-state index in [1.54, 1.807) is 4.90 Å². The third kappa shape index (κ3) is 6.84. The van der Waals surface area contributed by atoms with Crippen LogP contribution in [-0.4, -0.2) is 66.8 Å². The van der Waals surface area contributed by atoms with Gasteiger partial charge in [-0.15, -0.1) is 0 Å². The Morgan fingerprint density at radius 2 is 1.65 bits per heavy atom. The number of halogens is 2. The fourth-order valence-corrected chi connectivity index (χ4v) is 3.92. The zero-order valence-corrected chi connectivity index (χ0v) is 19.5. The smallest absolute Gasteiger partial charge is 0.254 e. The van der Waals surface area contributed by atoms with Crippen LogP contribution < -0.4 is 10.6 Å². The summed E-state index contributed by atoms with van der Waals surface area (Å²) in [5, 5.41) is 5.53. The van der Waals surface area contributed by atoms with Gasteiger partial charge in [-0.2, -0.15) is 0 Å². The third-order valence-electron chi connectivity index (χ3n) is 5.87. The first kappa shape index (κ1) is 25.3. The van der Waals surface area contributed by atoms with E-state index in [0.29, 0.717) is 38.7 Å². The van der Waals surface area contributed by atoms with Gasteiger partial charge in [-0.05, 0) is 43.5 Å². The van der Waals surface area contributed by atoms with Crippen molar-refractivity contribution < 1.29 is 23.2 Å². The molecule has 2 aromatic rings. The van der Waals surface area contributed by atoms with E-state index in [-0.39, 0.29) is 36.9 Å². The van der Waals surface area contributed by atoms with Crippen LogP contribution in [0.25, 0.3) is 0 Å². The Hall–Kier alpha value is -3.33. The number of hydrogen-bond donors (Lipinski definition) is 2. The zero-order valence-electron chi connectivity index (χ0n) is 19.5. The van der Waals surface area contributed by atoms with Gasteiger partial charge in [0.05, 0.1) is 12.1 Å². The number of amides is 3. The van der Waals surface area contributed by atoms with Gasteiger partial charge < -0.3 is 15.5 Å². The Balaban J connectivity index is 1.35. The van der Waals surface area contributed by atoms with E-state index >= 15 is 0 Å². The summed E-state index contributed by atoms with van der Waals surface area (Å²) in [6.45, 7) is 6.66. The van der Waals surface area contributed by atoms with E-state index in [0.717, 1.165) is 28.9 Å². The molecule has 0 radical (unpaired) electrons. The molecule has 182 valence electrons. The minimum atomic E-state index is -0.922. The van der Waals surface area contributed by atoms with E-state index in [2.05, 4.69) is 10.6 Å². The number of nitrogens with zero attached hydrogens (tertiary/aromatic N) is 2. The van der Waals surface area contributed by atoms with Crippen LogP contribution in [0.5, 0.6) is 0 Å². The number of carbonyl (C=O) groups is 3. The summed E-state index contributed by atoms with van der Waals surface area (Å²) in [4.78, 5) is 40.7. The van der Waals surface area contributed by atoms with Crippen molar-refractivity contribution in [2.24, 2.45) is 0 Å². The van der Waals surface area contributed by atoms with Crippen molar-refractivity contribution in [1.29, 1.82) is 0 Å². The van der Waals surface area contributed by atoms with Crippen molar-refractivity contribution in [3.05, 3.63) is 64.7 Å². The number of hydrogen-bond acceptors (Lipinski definition) is 4. The standard InChI is InChI=1S/C25H30F2N4O3/c1-17-5-3-6-18(2)24(17)29-22(32)16-30-11-13-31(14-12-30)23(33)7-4-10-28-25(34)20-9-8-19(26)15-21(20)27/h3,5-6,8-9,15H,4,7,10-14,16H2,1-2H3,(H,28,34)(H,29,32). The monoisotopic (exact) mass is 472 g/mol. The fourth-order valence-electron chi connectivity index (χ4n) is 3.92. The van der Waals surface area contributed by atoms with Crippen LogP contribution in [0.15, 0.2) is 36.4 Å². The maximum atomic E-state index is 13.6. The van der Waals surface area contributed by atoms with E-state index in [9.17, 15) is 23.2 Å². The average Bonchev–Trinajstić information content (AvgIpc) is 2.79. The Kier molecular flexibility index (Phi) is 8.70. The highest BCUT2D eigenvalue weighted by molar-refractivity contribution is 5.94. The summed E-state index contributed by atoms with van der Waals surface area (Å²) in [5.41, 5.74) is 2.64. The molecule has 0 bridgehead atoms. The molecule has 1 heterocycles. The lowest BCUT2D eigenvalue weighted by Crippen LogP contribution is -2.50. The first-order valence-corrected chi connectivity index (χ1v) is 11.3. The molecule has 0 saturated carbocycles. The summed E-state index contributed by atoms with van der Waals surface area (Å²) in [7, 11) is 0. The molecular weight excluding hydrogens is 442 g/mol. The maximum absolute atomic E-state index is 13.6. The molecule has 1 fully saturated rings. The molecule has 0 spiro atoms. The van der Waals surface area contributed by atoms with Gasteiger partial charge in [-0.3, -0.25) is 19.3 Å². The minimum Gasteiger partial charge on any atom is -0.352 e. The van der Waals surface area contributed by atoms with Crippen molar-refractivity contribution in [2.45, 2.75) is 26.7 Å². The largest absolute Gasteiger partial charge is 0.352 e. The van der Waals surface area contributed by atoms with Gasteiger partial charge in [0.25, 0.3) is 5.91 Å². The van der Waals surface area contributed by atoms with Crippen molar-refractivity contribution in [3.8, 4) is 0 Å². The van der Waals surface area contributed by atoms with Crippen molar-refractivity contribution >= 4 is 23.4 Å². The fraction of sp³-hybridized carbons (Fsp3) is 0.400. The quantitative estimate of drug-likeness (QED) is 0.579. The van der Waals surface area contributed by atoms with E-state index < -0.39 is 17.5 Å².